The van der Waals surface area contributed by atoms with Gasteiger partial charge in [0.05, 0.1) is 22.2 Å². The van der Waals surface area contributed by atoms with Crippen LogP contribution in [-0.2, 0) is 4.79 Å². The Balaban J connectivity index is 2.74. The maximum atomic E-state index is 11.4. The lowest BCUT2D eigenvalue weighted by molar-refractivity contribution is -0.115. The van der Waals surface area contributed by atoms with Crippen molar-refractivity contribution in [2.24, 2.45) is 10.9 Å². The first-order valence-electron chi connectivity index (χ1n) is 4.25. The predicted octanol–water partition coefficient (Wildman–Crippen LogP) is 2.07. The highest BCUT2D eigenvalue weighted by Gasteiger charge is 2.09. The number of carbonyl (C=O) groups excluding carboxylic acids is 1. The lowest BCUT2D eigenvalue weighted by Gasteiger charge is -2.07. The van der Waals surface area contributed by atoms with Crippen LogP contribution in [0.1, 0.15) is 6.42 Å². The van der Waals surface area contributed by atoms with Crippen molar-refractivity contribution in [1.29, 1.82) is 0 Å². The molecule has 0 aromatic heterocycles. The molecule has 7 heteroatoms. The molecule has 0 aliphatic carbocycles. The number of halogens is 2. The number of hydrogen-bond donors (Lipinski definition) is 3. The molecule has 5 nitrogen and oxygen atoms in total. The average molecular weight is 262 g/mol. The molecule has 0 bridgehead atoms. The van der Waals surface area contributed by atoms with Gasteiger partial charge < -0.3 is 16.3 Å². The molecule has 16 heavy (non-hydrogen) atoms. The average Bonchev–Trinajstić information content (AvgIpc) is 2.24. The van der Waals surface area contributed by atoms with E-state index in [2.05, 4.69) is 10.5 Å². The monoisotopic (exact) mass is 261 g/mol. The van der Waals surface area contributed by atoms with E-state index in [-0.39, 0.29) is 17.3 Å². The lowest BCUT2D eigenvalue weighted by atomic mass is 10.3. The van der Waals surface area contributed by atoms with Crippen molar-refractivity contribution in [3.05, 3.63) is 28.2 Å². The van der Waals surface area contributed by atoms with Gasteiger partial charge in [-0.1, -0.05) is 34.4 Å². The van der Waals surface area contributed by atoms with Crippen molar-refractivity contribution in [1.82, 2.24) is 0 Å². The Morgan fingerprint density at radius 2 is 2.19 bits per heavy atom. The Kier molecular flexibility index (Phi) is 4.39. The molecule has 1 aromatic rings. The molecule has 4 N–H and O–H groups in total. The van der Waals surface area contributed by atoms with Gasteiger partial charge in [-0.2, -0.15) is 0 Å². The lowest BCUT2D eigenvalue weighted by Crippen LogP contribution is -2.22. The van der Waals surface area contributed by atoms with Crippen LogP contribution < -0.4 is 11.1 Å². The molecule has 0 fully saturated rings. The van der Waals surface area contributed by atoms with Gasteiger partial charge in [-0.3, -0.25) is 4.79 Å². The number of nitrogens with one attached hydrogen (secondary N) is 1. The number of hydrogen-bond acceptors (Lipinski definition) is 3. The summed E-state index contributed by atoms with van der Waals surface area (Å²) in [7, 11) is 0. The summed E-state index contributed by atoms with van der Waals surface area (Å²) in [6.45, 7) is 0. The van der Waals surface area contributed by atoms with Crippen LogP contribution in [-0.4, -0.2) is 17.0 Å². The number of nitrogens with two attached hydrogens (primary N) is 1. The van der Waals surface area contributed by atoms with Crippen molar-refractivity contribution in [3.8, 4) is 0 Å². The van der Waals surface area contributed by atoms with Gasteiger partial charge in [-0.15, -0.1) is 0 Å². The summed E-state index contributed by atoms with van der Waals surface area (Å²) in [5, 5.41) is 14.0. The van der Waals surface area contributed by atoms with E-state index in [1.165, 1.54) is 0 Å². The minimum atomic E-state index is -0.445. The van der Waals surface area contributed by atoms with Gasteiger partial charge in [0, 0.05) is 0 Å². The Bertz CT molecular complexity index is 435. The summed E-state index contributed by atoms with van der Waals surface area (Å²) in [5.74, 6) is -0.630. The van der Waals surface area contributed by atoms with Crippen LogP contribution in [0.15, 0.2) is 23.4 Å². The normalized spacial score (nSPS) is 11.2. The Morgan fingerprint density at radius 1 is 1.50 bits per heavy atom. The number of carbonyl (C=O) groups is 1. The summed E-state index contributed by atoms with van der Waals surface area (Å²) in [4.78, 5) is 11.4. The first-order chi connectivity index (χ1) is 7.54. The van der Waals surface area contributed by atoms with Crippen molar-refractivity contribution in [3.63, 3.8) is 0 Å². The number of nitrogens with zero attached hydrogens (tertiary/aromatic N) is 1. The van der Waals surface area contributed by atoms with Gasteiger partial charge in [-0.25, -0.2) is 0 Å². The fourth-order valence-electron chi connectivity index (χ4n) is 0.995. The molecule has 0 spiro atoms. The molecular formula is C9H9Cl2N3O2. The van der Waals surface area contributed by atoms with Gasteiger partial charge >= 0.3 is 0 Å². The van der Waals surface area contributed by atoms with Gasteiger partial charge in [0.25, 0.3) is 0 Å². The number of rotatable bonds is 3. The fraction of sp³-hybridized carbons (Fsp3) is 0.111. The van der Waals surface area contributed by atoms with Crippen molar-refractivity contribution in [2.45, 2.75) is 6.42 Å². The Hall–Kier alpha value is -1.46. The molecule has 86 valence electrons. The number of amides is 1. The van der Waals surface area contributed by atoms with Crippen molar-refractivity contribution >= 4 is 40.6 Å². The van der Waals surface area contributed by atoms with E-state index < -0.39 is 5.91 Å². The van der Waals surface area contributed by atoms with E-state index >= 15 is 0 Å². The summed E-state index contributed by atoms with van der Waals surface area (Å²) in [6.07, 6.45) is -0.223. The molecule has 0 saturated heterocycles. The van der Waals surface area contributed by atoms with E-state index in [9.17, 15) is 4.79 Å². The zero-order chi connectivity index (χ0) is 12.1. The van der Waals surface area contributed by atoms with E-state index in [0.29, 0.717) is 10.7 Å². The second-order valence-electron chi connectivity index (χ2n) is 2.92. The van der Waals surface area contributed by atoms with Gasteiger partial charge in [0.15, 0.2) is 0 Å². The molecule has 1 rings (SSSR count). The van der Waals surface area contributed by atoms with Crippen LogP contribution in [0.3, 0.4) is 0 Å². The summed E-state index contributed by atoms with van der Waals surface area (Å²) < 4.78 is 0. The largest absolute Gasteiger partial charge is 0.409 e. The second-order valence-corrected chi connectivity index (χ2v) is 3.70. The van der Waals surface area contributed by atoms with Crippen LogP contribution in [0.4, 0.5) is 5.69 Å². The molecular weight excluding hydrogens is 253 g/mol. The summed E-state index contributed by atoms with van der Waals surface area (Å²) in [5.41, 5.74) is 5.56. The maximum Gasteiger partial charge on any atom is 0.232 e. The zero-order valence-corrected chi connectivity index (χ0v) is 9.59. The van der Waals surface area contributed by atoms with E-state index in [4.69, 9.17) is 34.1 Å². The molecule has 0 aliphatic rings. The number of amidine groups is 1. The van der Waals surface area contributed by atoms with Crippen molar-refractivity contribution < 1.29 is 10.0 Å². The topological polar surface area (TPSA) is 87.7 Å². The van der Waals surface area contributed by atoms with Gasteiger partial charge in [0.2, 0.25) is 5.91 Å². The zero-order valence-electron chi connectivity index (χ0n) is 8.08. The third-order valence-electron chi connectivity index (χ3n) is 1.70. The minimum absolute atomic E-state index is 0.185. The quantitative estimate of drug-likeness (QED) is 0.337. The molecule has 0 saturated carbocycles. The number of anilines is 1. The second kappa shape index (κ2) is 5.58. The minimum Gasteiger partial charge on any atom is -0.409 e. The number of benzene rings is 1. The highest BCUT2D eigenvalue weighted by Crippen LogP contribution is 2.29. The van der Waals surface area contributed by atoms with E-state index in [0.717, 1.165) is 0 Å². The van der Waals surface area contributed by atoms with Crippen LogP contribution in [0.25, 0.3) is 0 Å². The Labute approximate surface area is 102 Å². The molecule has 0 aliphatic heterocycles. The van der Waals surface area contributed by atoms with Gasteiger partial charge in [0.1, 0.15) is 5.84 Å². The standard InChI is InChI=1S/C9H9Cl2N3O2/c10-5-2-1-3-6(9(5)11)13-8(15)4-7(12)14-16/h1-3,16H,4H2,(H2,12,14)(H,13,15). The maximum absolute atomic E-state index is 11.4. The summed E-state index contributed by atoms with van der Waals surface area (Å²) in [6, 6.07) is 4.84. The Morgan fingerprint density at radius 3 is 2.81 bits per heavy atom. The highest BCUT2D eigenvalue weighted by molar-refractivity contribution is 6.44. The smallest absolute Gasteiger partial charge is 0.232 e. The van der Waals surface area contributed by atoms with Gasteiger partial charge in [-0.05, 0) is 12.1 Å². The summed E-state index contributed by atoms with van der Waals surface area (Å²) >= 11 is 11.6. The molecule has 0 atom stereocenters. The first kappa shape index (κ1) is 12.6. The highest BCUT2D eigenvalue weighted by atomic mass is 35.5. The van der Waals surface area contributed by atoms with E-state index in [1.54, 1.807) is 18.2 Å². The van der Waals surface area contributed by atoms with E-state index in [1.807, 2.05) is 0 Å². The third-order valence-corrected chi connectivity index (χ3v) is 2.51. The van der Waals surface area contributed by atoms with Crippen LogP contribution in [0.5, 0.6) is 0 Å². The van der Waals surface area contributed by atoms with Crippen LogP contribution in [0.2, 0.25) is 10.0 Å². The third kappa shape index (κ3) is 3.29. The van der Waals surface area contributed by atoms with Crippen LogP contribution >= 0.6 is 23.2 Å². The molecule has 0 unspecified atom stereocenters. The molecule has 0 heterocycles. The SMILES string of the molecule is NC(CC(=O)Nc1cccc(Cl)c1Cl)=NO. The first-order valence-corrected chi connectivity index (χ1v) is 5.00. The van der Waals surface area contributed by atoms with Crippen LogP contribution in [0, 0.1) is 0 Å². The number of oxime groups is 1. The molecule has 1 aromatic carbocycles. The van der Waals surface area contributed by atoms with Crippen molar-refractivity contribution in [2.75, 3.05) is 5.32 Å². The predicted molar refractivity (Wildman–Crippen MR) is 63.1 cm³/mol. The fourth-order valence-corrected chi connectivity index (χ4v) is 1.34. The molecule has 0 radical (unpaired) electrons. The molecule has 1 amide bonds.